The summed E-state index contributed by atoms with van der Waals surface area (Å²) in [6, 6.07) is 1.65. The van der Waals surface area contributed by atoms with Gasteiger partial charge in [-0.3, -0.25) is 0 Å². The Labute approximate surface area is 47.0 Å². The molecule has 1 radical (unpaired) electrons. The van der Waals surface area contributed by atoms with Crippen LogP contribution in [-0.2, 0) is 11.7 Å². The van der Waals surface area contributed by atoms with Crippen LogP contribution in [0, 0.1) is 0 Å². The van der Waals surface area contributed by atoms with Crippen molar-refractivity contribution in [2.75, 3.05) is 0 Å². The molecule has 0 aliphatic carbocycles. The van der Waals surface area contributed by atoms with Crippen molar-refractivity contribution in [2.45, 2.75) is 6.61 Å². The fourth-order valence-electron chi connectivity index (χ4n) is 0.403. The summed E-state index contributed by atoms with van der Waals surface area (Å²) >= 11 is 0. The lowest BCUT2D eigenvalue weighted by molar-refractivity contribution is 0.177. The van der Waals surface area contributed by atoms with Gasteiger partial charge in [0.25, 0.3) is 0 Å². The van der Waals surface area contributed by atoms with Crippen molar-refractivity contribution in [3.05, 3.63) is 24.0 Å². The fraction of sp³-hybridized carbons (Fsp3) is 0.200. The minimum atomic E-state index is -0.213. The number of aromatic nitrogens is 2. The highest BCUT2D eigenvalue weighted by atomic mass is 16.3. The van der Waals surface area contributed by atoms with Crippen LogP contribution in [0.25, 0.3) is 0 Å². The summed E-state index contributed by atoms with van der Waals surface area (Å²) in [7, 11) is 0. The van der Waals surface area contributed by atoms with Crippen LogP contribution >= 0.6 is 0 Å². The van der Waals surface area contributed by atoms with Gasteiger partial charge in [0, 0.05) is 11.8 Å². The van der Waals surface area contributed by atoms with Crippen molar-refractivity contribution in [2.24, 2.45) is 0 Å². The molecule has 0 unspecified atom stereocenters. The highest BCUT2D eigenvalue weighted by Crippen LogP contribution is 1.90. The molecule has 41 valence electrons. The molecule has 1 aromatic heterocycles. The molecular weight excluding hydrogens is 104 g/mol. The Hall–Kier alpha value is -0.960. The third kappa shape index (κ3) is 1.01. The average molecular weight is 109 g/mol. The molecule has 1 rings (SSSR count). The third-order valence-corrected chi connectivity index (χ3v) is 0.812. The van der Waals surface area contributed by atoms with Crippen molar-refractivity contribution in [1.82, 2.24) is 10.2 Å². The average Bonchev–Trinajstić information content (AvgIpc) is 1.90. The molecule has 0 atom stereocenters. The lowest BCUT2D eigenvalue weighted by atomic mass is 10.3. The van der Waals surface area contributed by atoms with Crippen molar-refractivity contribution >= 4 is 0 Å². The molecule has 0 spiro atoms. The topological polar surface area (TPSA) is 45.7 Å². The number of hydrogen-bond donors (Lipinski definition) is 0. The maximum absolute atomic E-state index is 10.1. The molecule has 0 saturated heterocycles. The molecule has 1 aromatic rings. The van der Waals surface area contributed by atoms with E-state index in [1.807, 2.05) is 0 Å². The Morgan fingerprint density at radius 1 is 1.50 bits per heavy atom. The maximum atomic E-state index is 10.1. The lowest BCUT2D eigenvalue weighted by Crippen LogP contribution is -1.83. The highest BCUT2D eigenvalue weighted by molar-refractivity contribution is 5.02. The van der Waals surface area contributed by atoms with Gasteiger partial charge in [-0.05, 0) is 6.07 Å². The standard InChI is InChI=1S/C5H5N2O/c8-4-5-1-2-6-7-3-5/h1-3H,4H2. The summed E-state index contributed by atoms with van der Waals surface area (Å²) in [6.07, 6.45) is 2.97. The lowest BCUT2D eigenvalue weighted by Gasteiger charge is -1.85. The van der Waals surface area contributed by atoms with Gasteiger partial charge in [-0.2, -0.15) is 10.2 Å². The van der Waals surface area contributed by atoms with Crippen molar-refractivity contribution < 1.29 is 5.11 Å². The first-order valence-corrected chi connectivity index (χ1v) is 2.27. The van der Waals surface area contributed by atoms with E-state index in [4.69, 9.17) is 0 Å². The van der Waals surface area contributed by atoms with E-state index < -0.39 is 0 Å². The van der Waals surface area contributed by atoms with E-state index in [0.29, 0.717) is 5.56 Å². The van der Waals surface area contributed by atoms with Crippen molar-refractivity contribution in [3.8, 4) is 0 Å². The molecule has 3 heteroatoms. The van der Waals surface area contributed by atoms with E-state index in [2.05, 4.69) is 10.2 Å². The molecule has 1 heterocycles. The molecule has 0 aliphatic heterocycles. The first kappa shape index (κ1) is 5.18. The molecule has 8 heavy (non-hydrogen) atoms. The van der Waals surface area contributed by atoms with Gasteiger partial charge in [0.15, 0.2) is 0 Å². The van der Waals surface area contributed by atoms with Gasteiger partial charge in [0.05, 0.1) is 6.20 Å². The van der Waals surface area contributed by atoms with E-state index in [0.717, 1.165) is 0 Å². The Bertz CT molecular complexity index is 152. The molecule has 0 fully saturated rings. The Balaban J connectivity index is 2.83. The monoisotopic (exact) mass is 109 g/mol. The summed E-state index contributed by atoms with van der Waals surface area (Å²) in [5.74, 6) is 0. The van der Waals surface area contributed by atoms with E-state index in [1.54, 1.807) is 6.07 Å². The van der Waals surface area contributed by atoms with Crippen LogP contribution in [0.4, 0.5) is 0 Å². The normalized spacial score (nSPS) is 9.12. The molecule has 0 aromatic carbocycles. The van der Waals surface area contributed by atoms with Gasteiger partial charge in [0.1, 0.15) is 6.61 Å². The quantitative estimate of drug-likeness (QED) is 0.524. The largest absolute Gasteiger partial charge is 0.231 e. The minimum Gasteiger partial charge on any atom is -0.231 e. The second-order valence-corrected chi connectivity index (χ2v) is 1.40. The maximum Gasteiger partial charge on any atom is 0.109 e. The van der Waals surface area contributed by atoms with Crippen molar-refractivity contribution in [1.29, 1.82) is 0 Å². The second-order valence-electron chi connectivity index (χ2n) is 1.40. The van der Waals surface area contributed by atoms with Gasteiger partial charge < -0.3 is 0 Å². The van der Waals surface area contributed by atoms with E-state index >= 15 is 0 Å². The zero-order chi connectivity index (χ0) is 5.82. The zero-order valence-corrected chi connectivity index (χ0v) is 4.24. The Morgan fingerprint density at radius 3 is 2.75 bits per heavy atom. The number of nitrogens with zero attached hydrogens (tertiary/aromatic N) is 2. The first-order chi connectivity index (χ1) is 3.93. The van der Waals surface area contributed by atoms with Gasteiger partial charge in [-0.1, -0.05) is 0 Å². The molecular formula is C5H5N2O. The van der Waals surface area contributed by atoms with Crippen LogP contribution in [0.2, 0.25) is 0 Å². The van der Waals surface area contributed by atoms with Crippen LogP contribution in [-0.4, -0.2) is 10.2 Å². The predicted molar refractivity (Wildman–Crippen MR) is 26.4 cm³/mol. The molecule has 0 bridgehead atoms. The van der Waals surface area contributed by atoms with Gasteiger partial charge in [-0.15, -0.1) is 0 Å². The number of rotatable bonds is 1. The summed E-state index contributed by atoms with van der Waals surface area (Å²) in [6.45, 7) is -0.213. The summed E-state index contributed by atoms with van der Waals surface area (Å²) in [5, 5.41) is 17.1. The van der Waals surface area contributed by atoms with E-state index in [9.17, 15) is 5.11 Å². The highest BCUT2D eigenvalue weighted by Gasteiger charge is 1.84. The number of hydrogen-bond acceptors (Lipinski definition) is 2. The fourth-order valence-corrected chi connectivity index (χ4v) is 0.403. The van der Waals surface area contributed by atoms with Crippen LogP contribution in [0.15, 0.2) is 18.5 Å². The summed E-state index contributed by atoms with van der Waals surface area (Å²) in [5.41, 5.74) is 0.681. The van der Waals surface area contributed by atoms with Gasteiger partial charge in [-0.25, -0.2) is 5.11 Å². The van der Waals surface area contributed by atoms with Crippen LogP contribution in [0.5, 0.6) is 0 Å². The van der Waals surface area contributed by atoms with Crippen LogP contribution in [0.1, 0.15) is 5.56 Å². The summed E-state index contributed by atoms with van der Waals surface area (Å²) in [4.78, 5) is 0. The van der Waals surface area contributed by atoms with Crippen LogP contribution in [0.3, 0.4) is 0 Å². The van der Waals surface area contributed by atoms with Gasteiger partial charge >= 0.3 is 0 Å². The smallest absolute Gasteiger partial charge is 0.109 e. The molecule has 0 saturated carbocycles. The Kier molecular flexibility index (Phi) is 1.54. The molecule has 0 N–H and O–H groups in total. The second kappa shape index (κ2) is 2.37. The van der Waals surface area contributed by atoms with E-state index in [1.165, 1.54) is 12.4 Å². The molecule has 0 aliphatic rings. The van der Waals surface area contributed by atoms with E-state index in [-0.39, 0.29) is 6.61 Å². The molecule has 3 nitrogen and oxygen atoms in total. The SMILES string of the molecule is [O]Cc1ccnnc1. The van der Waals surface area contributed by atoms with Gasteiger partial charge in [0.2, 0.25) is 0 Å². The predicted octanol–water partition coefficient (Wildman–Crippen LogP) is 0.407. The van der Waals surface area contributed by atoms with Crippen LogP contribution < -0.4 is 0 Å². The minimum absolute atomic E-state index is 0.213. The summed E-state index contributed by atoms with van der Waals surface area (Å²) < 4.78 is 0. The molecule has 0 amide bonds. The Morgan fingerprint density at radius 2 is 2.38 bits per heavy atom. The zero-order valence-electron chi connectivity index (χ0n) is 4.24. The first-order valence-electron chi connectivity index (χ1n) is 2.27. The van der Waals surface area contributed by atoms with Crippen molar-refractivity contribution in [3.63, 3.8) is 0 Å². The third-order valence-electron chi connectivity index (χ3n) is 0.812.